The van der Waals surface area contributed by atoms with Crippen LogP contribution in [0.4, 0.5) is 0 Å². The molecule has 1 aromatic carbocycles. The summed E-state index contributed by atoms with van der Waals surface area (Å²) in [6.07, 6.45) is 1.46. The van der Waals surface area contributed by atoms with Gasteiger partial charge in [0, 0.05) is 31.6 Å². The first-order valence-electron chi connectivity index (χ1n) is 7.32. The molecule has 5 nitrogen and oxygen atoms in total. The zero-order valence-electron chi connectivity index (χ0n) is 13.0. The van der Waals surface area contributed by atoms with E-state index in [0.717, 1.165) is 12.0 Å². The van der Waals surface area contributed by atoms with Gasteiger partial charge in [0.05, 0.1) is 5.75 Å². The van der Waals surface area contributed by atoms with Gasteiger partial charge in [0.2, 0.25) is 15.9 Å². The quantitative estimate of drug-likeness (QED) is 0.746. The molecule has 0 aliphatic carbocycles. The standard InChI is InChI=1S/C15H23ClN2O3S/c1-3-4-11-22(20,21)17-9-10-18(13(2)19)12-14-7-5-6-8-15(14)16/h5-8,17H,3-4,9-12H2,1-2H3. The SMILES string of the molecule is CCCCS(=O)(=O)NCCN(Cc1ccccc1Cl)C(C)=O. The summed E-state index contributed by atoms with van der Waals surface area (Å²) >= 11 is 6.09. The second-order valence-electron chi connectivity index (χ2n) is 5.10. The lowest BCUT2D eigenvalue weighted by molar-refractivity contribution is -0.129. The molecule has 0 aliphatic rings. The Kier molecular flexibility index (Phi) is 7.85. The van der Waals surface area contributed by atoms with Crippen molar-refractivity contribution in [2.24, 2.45) is 0 Å². The third-order valence-corrected chi connectivity index (χ3v) is 5.07. The highest BCUT2D eigenvalue weighted by Gasteiger charge is 2.13. The van der Waals surface area contributed by atoms with Gasteiger partial charge in [0.25, 0.3) is 0 Å². The molecule has 0 bridgehead atoms. The van der Waals surface area contributed by atoms with E-state index < -0.39 is 10.0 Å². The minimum Gasteiger partial charge on any atom is -0.337 e. The van der Waals surface area contributed by atoms with Crippen LogP contribution in [-0.4, -0.2) is 38.1 Å². The van der Waals surface area contributed by atoms with Crippen molar-refractivity contribution >= 4 is 27.5 Å². The Balaban J connectivity index is 2.56. The van der Waals surface area contributed by atoms with Crippen LogP contribution in [0.2, 0.25) is 5.02 Å². The van der Waals surface area contributed by atoms with Gasteiger partial charge < -0.3 is 4.90 Å². The number of hydrogen-bond donors (Lipinski definition) is 1. The number of nitrogens with zero attached hydrogens (tertiary/aromatic N) is 1. The molecule has 124 valence electrons. The van der Waals surface area contributed by atoms with E-state index in [-0.39, 0.29) is 18.2 Å². The highest BCUT2D eigenvalue weighted by molar-refractivity contribution is 7.89. The van der Waals surface area contributed by atoms with Gasteiger partial charge in [-0.15, -0.1) is 0 Å². The highest BCUT2D eigenvalue weighted by atomic mass is 35.5. The van der Waals surface area contributed by atoms with E-state index in [1.165, 1.54) is 6.92 Å². The Morgan fingerprint density at radius 1 is 1.32 bits per heavy atom. The lowest BCUT2D eigenvalue weighted by atomic mass is 10.2. The number of hydrogen-bond acceptors (Lipinski definition) is 3. The molecule has 0 radical (unpaired) electrons. The molecule has 0 unspecified atom stereocenters. The molecule has 0 fully saturated rings. The summed E-state index contributed by atoms with van der Waals surface area (Å²) in [6.45, 7) is 4.28. The fourth-order valence-corrected chi connectivity index (χ4v) is 3.33. The molecule has 1 amide bonds. The summed E-state index contributed by atoms with van der Waals surface area (Å²) in [4.78, 5) is 13.3. The van der Waals surface area contributed by atoms with Gasteiger partial charge in [-0.3, -0.25) is 4.79 Å². The van der Waals surface area contributed by atoms with Crippen molar-refractivity contribution in [3.05, 3.63) is 34.9 Å². The summed E-state index contributed by atoms with van der Waals surface area (Å²) in [5.41, 5.74) is 0.841. The fraction of sp³-hybridized carbons (Fsp3) is 0.533. The lowest BCUT2D eigenvalue weighted by Gasteiger charge is -2.22. The van der Waals surface area contributed by atoms with Crippen molar-refractivity contribution in [2.75, 3.05) is 18.8 Å². The summed E-state index contributed by atoms with van der Waals surface area (Å²) < 4.78 is 26.0. The summed E-state index contributed by atoms with van der Waals surface area (Å²) in [5, 5.41) is 0.595. The van der Waals surface area contributed by atoms with Gasteiger partial charge >= 0.3 is 0 Å². The molecule has 0 saturated heterocycles. The number of carbonyl (C=O) groups is 1. The second-order valence-corrected chi connectivity index (χ2v) is 7.43. The molecule has 0 aromatic heterocycles. The smallest absolute Gasteiger partial charge is 0.219 e. The van der Waals surface area contributed by atoms with Crippen molar-refractivity contribution < 1.29 is 13.2 Å². The monoisotopic (exact) mass is 346 g/mol. The Bertz CT molecular complexity index is 590. The number of sulfonamides is 1. The average molecular weight is 347 g/mol. The normalized spacial score (nSPS) is 11.4. The first-order chi connectivity index (χ1) is 10.4. The van der Waals surface area contributed by atoms with Crippen LogP contribution in [0.1, 0.15) is 32.3 Å². The van der Waals surface area contributed by atoms with Crippen molar-refractivity contribution in [1.82, 2.24) is 9.62 Å². The Hall–Kier alpha value is -1.11. The molecule has 0 heterocycles. The molecule has 22 heavy (non-hydrogen) atoms. The van der Waals surface area contributed by atoms with Crippen LogP contribution in [0.25, 0.3) is 0 Å². The van der Waals surface area contributed by atoms with E-state index in [1.807, 2.05) is 25.1 Å². The summed E-state index contributed by atoms with van der Waals surface area (Å²) in [6, 6.07) is 7.30. The predicted octanol–water partition coefficient (Wildman–Crippen LogP) is 2.41. The van der Waals surface area contributed by atoms with Gasteiger partial charge in [-0.05, 0) is 18.1 Å². The van der Waals surface area contributed by atoms with E-state index in [0.29, 0.717) is 24.5 Å². The molecule has 1 rings (SSSR count). The first kappa shape index (κ1) is 18.9. The minimum atomic E-state index is -3.26. The summed E-state index contributed by atoms with van der Waals surface area (Å²) in [7, 11) is -3.26. The first-order valence-corrected chi connectivity index (χ1v) is 9.35. The van der Waals surface area contributed by atoms with Crippen molar-refractivity contribution in [1.29, 1.82) is 0 Å². The average Bonchev–Trinajstić information content (AvgIpc) is 2.46. The largest absolute Gasteiger partial charge is 0.337 e. The van der Waals surface area contributed by atoms with E-state index in [2.05, 4.69) is 4.72 Å². The molecule has 7 heteroatoms. The number of benzene rings is 1. The molecular formula is C15H23ClN2O3S. The van der Waals surface area contributed by atoms with Gasteiger partial charge in [0.15, 0.2) is 0 Å². The van der Waals surface area contributed by atoms with Crippen molar-refractivity contribution in [3.63, 3.8) is 0 Å². The van der Waals surface area contributed by atoms with Crippen LogP contribution in [0.3, 0.4) is 0 Å². The Labute approximate surface area is 137 Å². The molecule has 0 aliphatic heterocycles. The fourth-order valence-electron chi connectivity index (χ4n) is 1.92. The van der Waals surface area contributed by atoms with Gasteiger partial charge in [-0.2, -0.15) is 0 Å². The number of carbonyl (C=O) groups excluding carboxylic acids is 1. The minimum absolute atomic E-state index is 0.118. The Morgan fingerprint density at radius 3 is 2.59 bits per heavy atom. The highest BCUT2D eigenvalue weighted by Crippen LogP contribution is 2.16. The third-order valence-electron chi connectivity index (χ3n) is 3.23. The van der Waals surface area contributed by atoms with E-state index in [4.69, 9.17) is 11.6 Å². The maximum atomic E-state index is 11.7. The zero-order chi connectivity index (χ0) is 16.6. The van der Waals surface area contributed by atoms with E-state index in [1.54, 1.807) is 11.0 Å². The zero-order valence-corrected chi connectivity index (χ0v) is 14.6. The topological polar surface area (TPSA) is 66.5 Å². The second kappa shape index (κ2) is 9.12. The van der Waals surface area contributed by atoms with Crippen LogP contribution in [0.15, 0.2) is 24.3 Å². The molecular weight excluding hydrogens is 324 g/mol. The lowest BCUT2D eigenvalue weighted by Crippen LogP contribution is -2.37. The van der Waals surface area contributed by atoms with E-state index >= 15 is 0 Å². The van der Waals surface area contributed by atoms with E-state index in [9.17, 15) is 13.2 Å². The van der Waals surface area contributed by atoms with Crippen LogP contribution in [-0.2, 0) is 21.4 Å². The molecule has 1 aromatic rings. The third kappa shape index (κ3) is 6.77. The number of nitrogens with one attached hydrogen (secondary N) is 1. The summed E-state index contributed by atoms with van der Waals surface area (Å²) in [5.74, 6) is 0.00124. The predicted molar refractivity (Wildman–Crippen MR) is 89.2 cm³/mol. The van der Waals surface area contributed by atoms with Gasteiger partial charge in [-0.25, -0.2) is 13.1 Å². The molecule has 0 atom stereocenters. The number of amides is 1. The van der Waals surface area contributed by atoms with Gasteiger partial charge in [-0.1, -0.05) is 43.1 Å². The number of unbranched alkanes of at least 4 members (excludes halogenated alkanes) is 1. The van der Waals surface area contributed by atoms with Crippen LogP contribution in [0, 0.1) is 0 Å². The number of halogens is 1. The molecule has 1 N–H and O–H groups in total. The van der Waals surface area contributed by atoms with Crippen LogP contribution in [0.5, 0.6) is 0 Å². The molecule has 0 spiro atoms. The van der Waals surface area contributed by atoms with Gasteiger partial charge in [0.1, 0.15) is 0 Å². The Morgan fingerprint density at radius 2 is 2.00 bits per heavy atom. The van der Waals surface area contributed by atoms with Crippen molar-refractivity contribution in [2.45, 2.75) is 33.2 Å². The van der Waals surface area contributed by atoms with Crippen LogP contribution >= 0.6 is 11.6 Å². The maximum absolute atomic E-state index is 11.7. The van der Waals surface area contributed by atoms with Crippen LogP contribution < -0.4 is 4.72 Å². The number of rotatable bonds is 9. The van der Waals surface area contributed by atoms with Crippen molar-refractivity contribution in [3.8, 4) is 0 Å². The molecule has 0 saturated carbocycles. The maximum Gasteiger partial charge on any atom is 0.219 e.